The van der Waals surface area contributed by atoms with Gasteiger partial charge in [0, 0.05) is 44.2 Å². The van der Waals surface area contributed by atoms with E-state index in [1.54, 1.807) is 27.7 Å². The lowest BCUT2D eigenvalue weighted by Gasteiger charge is -2.30. The van der Waals surface area contributed by atoms with Crippen molar-refractivity contribution in [1.29, 1.82) is 0 Å². The molecule has 2 amide bonds. The number of amides is 2. The number of hydrogen-bond donors (Lipinski definition) is 2. The summed E-state index contributed by atoms with van der Waals surface area (Å²) in [5.41, 5.74) is -1.59. The fourth-order valence-corrected chi connectivity index (χ4v) is 6.89. The lowest BCUT2D eigenvalue weighted by molar-refractivity contribution is -0.167. The molecular formula is C38H58N2O9. The number of alkyl carbamates (subject to hydrolysis) is 2. The van der Waals surface area contributed by atoms with Gasteiger partial charge in [0.2, 0.25) is 0 Å². The number of fused-ring (bicyclic) bond motifs is 2. The summed E-state index contributed by atoms with van der Waals surface area (Å²) in [4.78, 5) is 50.0. The van der Waals surface area contributed by atoms with E-state index in [-0.39, 0.29) is 32.4 Å². The normalized spacial score (nSPS) is 27.0. The second kappa shape index (κ2) is 17.6. The summed E-state index contributed by atoms with van der Waals surface area (Å²) in [7, 11) is 0. The van der Waals surface area contributed by atoms with Gasteiger partial charge in [0.25, 0.3) is 0 Å². The van der Waals surface area contributed by atoms with Crippen molar-refractivity contribution in [2.24, 2.45) is 41.4 Å². The standard InChI is InChI=1S/C38H58N2O9/c1-25(21-40-36(44)48-32-29-17-13-9-10-14-18-30(29)32)33(41)46-24-38(5,6)47-20-19-37(3,4)49-34(42)26(2)22-39-35(43)45-23-31-27-15-11-7-8-12-16-28(27)31/h7-8,25-32H,11-24H2,1-6H3,(H,39,43)(H,40,44)/t25?,26?,27-,28?,29-,30?,31?,32?/m1/s1. The average Bonchev–Trinajstić information content (AvgIpc) is 3.87. The second-order valence-electron chi connectivity index (χ2n) is 15.6. The maximum Gasteiger partial charge on any atom is 0.407 e. The Kier molecular flexibility index (Phi) is 13.8. The molecule has 274 valence electrons. The van der Waals surface area contributed by atoms with Gasteiger partial charge in [0.1, 0.15) is 18.3 Å². The molecule has 11 nitrogen and oxygen atoms in total. The SMILES string of the molecule is CC(CNC(=O)OC1C2CCC#CCC[C@H]21)C(=O)OCC(C)(C)OCCC(C)(C)OC(=O)C(C)CNC(=O)OCC1C2CCC=CCC[C@H]21. The number of carbonyl (C=O) groups is 4. The van der Waals surface area contributed by atoms with Gasteiger partial charge in [-0.15, -0.1) is 11.8 Å². The predicted octanol–water partition coefficient (Wildman–Crippen LogP) is 5.95. The summed E-state index contributed by atoms with van der Waals surface area (Å²) in [6.07, 6.45) is 11.9. The molecule has 4 aliphatic carbocycles. The van der Waals surface area contributed by atoms with E-state index in [0.29, 0.717) is 42.6 Å². The summed E-state index contributed by atoms with van der Waals surface area (Å²) in [5.74, 6) is 6.82. The first kappa shape index (κ1) is 38.5. The molecule has 0 aliphatic heterocycles. The third kappa shape index (κ3) is 12.5. The van der Waals surface area contributed by atoms with Crippen LogP contribution in [0.5, 0.6) is 0 Å². The van der Waals surface area contributed by atoms with E-state index < -0.39 is 47.2 Å². The zero-order valence-corrected chi connectivity index (χ0v) is 30.3. The van der Waals surface area contributed by atoms with Gasteiger partial charge < -0.3 is 34.3 Å². The first-order valence-electron chi connectivity index (χ1n) is 18.3. The molecular weight excluding hydrogens is 628 g/mol. The fourth-order valence-electron chi connectivity index (χ4n) is 6.89. The Hall–Kier alpha value is -3.26. The molecule has 0 spiro atoms. The van der Waals surface area contributed by atoms with Crippen molar-refractivity contribution >= 4 is 24.1 Å². The van der Waals surface area contributed by atoms with E-state index in [4.69, 9.17) is 23.7 Å². The molecule has 0 radical (unpaired) electrons. The molecule has 0 aromatic carbocycles. The molecule has 4 aliphatic rings. The molecule has 2 saturated carbocycles. The highest BCUT2D eigenvalue weighted by Crippen LogP contribution is 2.53. The molecule has 0 aromatic heterocycles. The van der Waals surface area contributed by atoms with Crippen LogP contribution in [0.2, 0.25) is 0 Å². The van der Waals surface area contributed by atoms with Crippen LogP contribution in [0.4, 0.5) is 9.59 Å². The van der Waals surface area contributed by atoms with Gasteiger partial charge >= 0.3 is 24.1 Å². The van der Waals surface area contributed by atoms with Crippen LogP contribution in [0.15, 0.2) is 12.2 Å². The van der Waals surface area contributed by atoms with E-state index in [1.807, 2.05) is 13.8 Å². The van der Waals surface area contributed by atoms with E-state index in [9.17, 15) is 19.2 Å². The van der Waals surface area contributed by atoms with Gasteiger partial charge in [0.05, 0.1) is 30.7 Å². The van der Waals surface area contributed by atoms with Crippen LogP contribution in [-0.4, -0.2) is 74.3 Å². The average molecular weight is 687 g/mol. The molecule has 0 saturated heterocycles. The van der Waals surface area contributed by atoms with Gasteiger partial charge in [-0.25, -0.2) is 9.59 Å². The summed E-state index contributed by atoms with van der Waals surface area (Å²) in [5, 5.41) is 5.39. The van der Waals surface area contributed by atoms with Crippen molar-refractivity contribution in [1.82, 2.24) is 10.6 Å². The Morgan fingerprint density at radius 3 is 1.94 bits per heavy atom. The molecule has 6 unspecified atom stereocenters. The minimum absolute atomic E-state index is 0.0202. The monoisotopic (exact) mass is 686 g/mol. The summed E-state index contributed by atoms with van der Waals surface area (Å²) in [6, 6.07) is 0. The Bertz CT molecular complexity index is 1220. The Labute approximate surface area is 292 Å². The van der Waals surface area contributed by atoms with Crippen molar-refractivity contribution in [3.05, 3.63) is 12.2 Å². The second-order valence-corrected chi connectivity index (χ2v) is 15.6. The Morgan fingerprint density at radius 2 is 1.33 bits per heavy atom. The van der Waals surface area contributed by atoms with Gasteiger partial charge in [-0.2, -0.15) is 0 Å². The van der Waals surface area contributed by atoms with E-state index in [2.05, 4.69) is 34.6 Å². The van der Waals surface area contributed by atoms with Crippen molar-refractivity contribution in [3.8, 4) is 11.8 Å². The largest absolute Gasteiger partial charge is 0.462 e. The molecule has 0 aromatic rings. The summed E-state index contributed by atoms with van der Waals surface area (Å²) in [6.45, 7) is 11.6. The molecule has 0 heterocycles. The van der Waals surface area contributed by atoms with E-state index in [1.165, 1.54) is 0 Å². The molecule has 49 heavy (non-hydrogen) atoms. The van der Waals surface area contributed by atoms with Crippen LogP contribution in [-0.2, 0) is 33.3 Å². The molecule has 2 N–H and O–H groups in total. The minimum atomic E-state index is -0.813. The number of esters is 2. The molecule has 2 fully saturated rings. The maximum absolute atomic E-state index is 12.8. The highest BCUT2D eigenvalue weighted by molar-refractivity contribution is 5.75. The van der Waals surface area contributed by atoms with Gasteiger partial charge in [0.15, 0.2) is 0 Å². The van der Waals surface area contributed by atoms with Gasteiger partial charge in [-0.3, -0.25) is 9.59 Å². The molecule has 4 rings (SSSR count). The smallest absolute Gasteiger partial charge is 0.407 e. The Balaban J connectivity index is 1.04. The predicted molar refractivity (Wildman–Crippen MR) is 183 cm³/mol. The van der Waals surface area contributed by atoms with Crippen LogP contribution in [0.1, 0.15) is 99.3 Å². The number of allylic oxidation sites excluding steroid dienone is 2. The fraction of sp³-hybridized carbons (Fsp3) is 0.789. The van der Waals surface area contributed by atoms with Crippen LogP contribution in [0.25, 0.3) is 0 Å². The lowest BCUT2D eigenvalue weighted by Crippen LogP contribution is -2.39. The number of nitrogens with one attached hydrogen (secondary N) is 2. The third-order valence-corrected chi connectivity index (χ3v) is 10.3. The van der Waals surface area contributed by atoms with E-state index >= 15 is 0 Å². The molecule has 8 atom stereocenters. The van der Waals surface area contributed by atoms with Crippen molar-refractivity contribution < 1.29 is 42.9 Å². The summed E-state index contributed by atoms with van der Waals surface area (Å²) >= 11 is 0. The number of carbonyl (C=O) groups excluding carboxylic acids is 4. The Morgan fingerprint density at radius 1 is 0.755 bits per heavy atom. The van der Waals surface area contributed by atoms with Gasteiger partial charge in [-0.1, -0.05) is 26.0 Å². The van der Waals surface area contributed by atoms with Gasteiger partial charge in [-0.05, 0) is 84.0 Å². The summed E-state index contributed by atoms with van der Waals surface area (Å²) < 4.78 is 28.3. The number of ether oxygens (including phenoxy) is 5. The maximum atomic E-state index is 12.8. The van der Waals surface area contributed by atoms with Crippen LogP contribution in [0.3, 0.4) is 0 Å². The minimum Gasteiger partial charge on any atom is -0.462 e. The van der Waals surface area contributed by atoms with Crippen LogP contribution < -0.4 is 10.6 Å². The van der Waals surface area contributed by atoms with Crippen molar-refractivity contribution in [2.45, 2.75) is 117 Å². The molecule has 11 heteroatoms. The zero-order valence-electron chi connectivity index (χ0n) is 30.3. The van der Waals surface area contributed by atoms with E-state index in [0.717, 1.165) is 51.4 Å². The third-order valence-electron chi connectivity index (χ3n) is 10.3. The highest BCUT2D eigenvalue weighted by Gasteiger charge is 2.52. The zero-order chi connectivity index (χ0) is 35.6. The topological polar surface area (TPSA) is 138 Å². The molecule has 0 bridgehead atoms. The first-order chi connectivity index (χ1) is 23.3. The quantitative estimate of drug-likeness (QED) is 0.0874. The van der Waals surface area contributed by atoms with Crippen molar-refractivity contribution in [2.75, 3.05) is 32.9 Å². The first-order valence-corrected chi connectivity index (χ1v) is 18.3. The van der Waals surface area contributed by atoms with Crippen LogP contribution >= 0.6 is 0 Å². The number of rotatable bonds is 16. The number of hydrogen-bond acceptors (Lipinski definition) is 9. The van der Waals surface area contributed by atoms with Crippen LogP contribution in [0, 0.1) is 53.3 Å². The lowest BCUT2D eigenvalue weighted by atomic mass is 10.0. The van der Waals surface area contributed by atoms with Crippen molar-refractivity contribution in [3.63, 3.8) is 0 Å². The highest BCUT2D eigenvalue weighted by atomic mass is 16.6.